The van der Waals surface area contributed by atoms with Gasteiger partial charge in [-0.3, -0.25) is 9.59 Å². The van der Waals surface area contributed by atoms with Gasteiger partial charge in [-0.05, 0) is 42.8 Å². The number of ketones is 1. The second-order valence-electron chi connectivity index (χ2n) is 4.66. The number of primary amides is 1. The van der Waals surface area contributed by atoms with E-state index in [-0.39, 0.29) is 12.4 Å². The van der Waals surface area contributed by atoms with Crippen molar-refractivity contribution in [2.24, 2.45) is 5.73 Å². The number of nitrogens with two attached hydrogens (primary N) is 2. The predicted molar refractivity (Wildman–Crippen MR) is 80.2 cm³/mol. The first kappa shape index (κ1) is 14.6. The minimum absolute atomic E-state index is 0.110. The minimum Gasteiger partial charge on any atom is -0.488 e. The summed E-state index contributed by atoms with van der Waals surface area (Å²) in [7, 11) is 0. The highest BCUT2D eigenvalue weighted by atomic mass is 16.5. The third-order valence-corrected chi connectivity index (χ3v) is 3.02. The molecule has 0 aliphatic heterocycles. The summed E-state index contributed by atoms with van der Waals surface area (Å²) >= 11 is 0. The van der Waals surface area contributed by atoms with Crippen LogP contribution in [0.25, 0.3) is 0 Å². The topological polar surface area (TPSA) is 95.4 Å². The second kappa shape index (κ2) is 6.09. The number of nitrogen functional groups attached to an aromatic ring is 1. The van der Waals surface area contributed by atoms with Crippen LogP contribution in [0.2, 0.25) is 0 Å². The summed E-state index contributed by atoms with van der Waals surface area (Å²) in [4.78, 5) is 22.5. The molecule has 0 bridgehead atoms. The Hall–Kier alpha value is -2.82. The fraction of sp³-hybridized carbons (Fsp3) is 0.125. The first-order chi connectivity index (χ1) is 9.97. The van der Waals surface area contributed by atoms with E-state index >= 15 is 0 Å². The van der Waals surface area contributed by atoms with Crippen LogP contribution in [0.5, 0.6) is 5.75 Å². The van der Waals surface area contributed by atoms with Gasteiger partial charge >= 0.3 is 0 Å². The molecule has 0 spiro atoms. The summed E-state index contributed by atoms with van der Waals surface area (Å²) in [5.74, 6) is -0.100. The molecule has 5 nitrogen and oxygen atoms in total. The van der Waals surface area contributed by atoms with Crippen LogP contribution in [-0.2, 0) is 6.61 Å². The number of carbonyl (C=O) groups excluding carboxylic acids is 2. The molecular weight excluding hydrogens is 268 g/mol. The molecule has 2 rings (SSSR count). The number of Topliss-reactive ketones (excluding diaryl/α,β-unsaturated/α-hetero) is 1. The zero-order valence-corrected chi connectivity index (χ0v) is 11.6. The van der Waals surface area contributed by atoms with Crippen molar-refractivity contribution in [2.75, 3.05) is 5.73 Å². The average Bonchev–Trinajstić information content (AvgIpc) is 2.46. The summed E-state index contributed by atoms with van der Waals surface area (Å²) in [5.41, 5.74) is 13.1. The number of ether oxygens (including phenoxy) is 1. The number of hydrogen-bond donors (Lipinski definition) is 2. The number of anilines is 1. The van der Waals surface area contributed by atoms with E-state index < -0.39 is 5.91 Å². The zero-order chi connectivity index (χ0) is 15.4. The van der Waals surface area contributed by atoms with Crippen molar-refractivity contribution in [3.63, 3.8) is 0 Å². The molecule has 0 atom stereocenters. The maximum absolute atomic E-state index is 11.6. The summed E-state index contributed by atoms with van der Waals surface area (Å²) in [5, 5.41) is 0. The number of amides is 1. The van der Waals surface area contributed by atoms with Crippen LogP contribution in [0.3, 0.4) is 0 Å². The lowest BCUT2D eigenvalue weighted by atomic mass is 10.1. The molecule has 0 heterocycles. The molecular formula is C16H16N2O3. The molecule has 0 radical (unpaired) electrons. The molecule has 0 aliphatic rings. The van der Waals surface area contributed by atoms with Crippen LogP contribution in [0.4, 0.5) is 5.69 Å². The maximum atomic E-state index is 11.6. The van der Waals surface area contributed by atoms with E-state index in [1.165, 1.54) is 6.92 Å². The van der Waals surface area contributed by atoms with Crippen LogP contribution in [0.1, 0.15) is 33.2 Å². The number of rotatable bonds is 5. The van der Waals surface area contributed by atoms with E-state index in [4.69, 9.17) is 16.2 Å². The molecule has 0 fully saturated rings. The molecule has 21 heavy (non-hydrogen) atoms. The van der Waals surface area contributed by atoms with Gasteiger partial charge < -0.3 is 16.2 Å². The fourth-order valence-corrected chi connectivity index (χ4v) is 1.87. The van der Waals surface area contributed by atoms with E-state index in [1.54, 1.807) is 42.5 Å². The maximum Gasteiger partial charge on any atom is 0.248 e. The van der Waals surface area contributed by atoms with Gasteiger partial charge in [-0.25, -0.2) is 0 Å². The highest BCUT2D eigenvalue weighted by molar-refractivity contribution is 5.97. The summed E-state index contributed by atoms with van der Waals surface area (Å²) in [6.45, 7) is 1.74. The van der Waals surface area contributed by atoms with Crippen molar-refractivity contribution in [1.29, 1.82) is 0 Å². The van der Waals surface area contributed by atoms with Crippen molar-refractivity contribution in [2.45, 2.75) is 13.5 Å². The first-order valence-electron chi connectivity index (χ1n) is 6.39. The van der Waals surface area contributed by atoms with Gasteiger partial charge in [0, 0.05) is 11.3 Å². The Morgan fingerprint density at radius 1 is 1.10 bits per heavy atom. The van der Waals surface area contributed by atoms with E-state index in [0.29, 0.717) is 22.6 Å². The molecule has 0 saturated carbocycles. The molecule has 2 aromatic rings. The Kier molecular flexibility index (Phi) is 4.23. The Morgan fingerprint density at radius 3 is 2.33 bits per heavy atom. The Labute approximate surface area is 122 Å². The zero-order valence-electron chi connectivity index (χ0n) is 11.6. The molecule has 0 aliphatic carbocycles. The standard InChI is InChI=1S/C16H16N2O3/c1-10(19)14-8-13(17)6-7-15(14)21-9-11-2-4-12(5-3-11)16(18)20/h2-8H,9,17H2,1H3,(H2,18,20). The van der Waals surface area contributed by atoms with E-state index in [1.807, 2.05) is 0 Å². The number of benzene rings is 2. The van der Waals surface area contributed by atoms with Crippen LogP contribution in [-0.4, -0.2) is 11.7 Å². The quantitative estimate of drug-likeness (QED) is 0.649. The monoisotopic (exact) mass is 284 g/mol. The smallest absolute Gasteiger partial charge is 0.248 e. The molecule has 1 amide bonds. The lowest BCUT2D eigenvalue weighted by Gasteiger charge is -2.10. The van der Waals surface area contributed by atoms with Gasteiger partial charge in [-0.1, -0.05) is 12.1 Å². The van der Waals surface area contributed by atoms with Crippen molar-refractivity contribution in [3.05, 3.63) is 59.2 Å². The molecule has 5 heteroatoms. The lowest BCUT2D eigenvalue weighted by molar-refractivity contribution is 0.0994. The summed E-state index contributed by atoms with van der Waals surface area (Å²) in [6.07, 6.45) is 0. The van der Waals surface area contributed by atoms with E-state index in [0.717, 1.165) is 5.56 Å². The Balaban J connectivity index is 2.13. The molecule has 0 saturated heterocycles. The second-order valence-corrected chi connectivity index (χ2v) is 4.66. The Morgan fingerprint density at radius 2 is 1.76 bits per heavy atom. The molecule has 0 unspecified atom stereocenters. The predicted octanol–water partition coefficient (Wildman–Crippen LogP) is 2.15. The molecule has 2 aromatic carbocycles. The van der Waals surface area contributed by atoms with Gasteiger partial charge in [0.05, 0.1) is 5.56 Å². The highest BCUT2D eigenvalue weighted by Gasteiger charge is 2.09. The largest absolute Gasteiger partial charge is 0.488 e. The van der Waals surface area contributed by atoms with Gasteiger partial charge in [0.25, 0.3) is 0 Å². The van der Waals surface area contributed by atoms with E-state index in [9.17, 15) is 9.59 Å². The number of hydrogen-bond acceptors (Lipinski definition) is 4. The van der Waals surface area contributed by atoms with Crippen molar-refractivity contribution in [1.82, 2.24) is 0 Å². The van der Waals surface area contributed by atoms with Gasteiger partial charge in [0.2, 0.25) is 5.91 Å². The van der Waals surface area contributed by atoms with Gasteiger partial charge in [-0.2, -0.15) is 0 Å². The van der Waals surface area contributed by atoms with Gasteiger partial charge in [0.1, 0.15) is 12.4 Å². The highest BCUT2D eigenvalue weighted by Crippen LogP contribution is 2.23. The Bertz CT molecular complexity index is 678. The van der Waals surface area contributed by atoms with Crippen LogP contribution >= 0.6 is 0 Å². The van der Waals surface area contributed by atoms with Crippen molar-refractivity contribution in [3.8, 4) is 5.75 Å². The average molecular weight is 284 g/mol. The first-order valence-corrected chi connectivity index (χ1v) is 6.39. The summed E-state index contributed by atoms with van der Waals surface area (Å²) < 4.78 is 5.65. The van der Waals surface area contributed by atoms with Crippen molar-refractivity contribution >= 4 is 17.4 Å². The molecule has 4 N–H and O–H groups in total. The SMILES string of the molecule is CC(=O)c1cc(N)ccc1OCc1ccc(C(N)=O)cc1. The third kappa shape index (κ3) is 3.60. The van der Waals surface area contributed by atoms with Crippen LogP contribution < -0.4 is 16.2 Å². The van der Waals surface area contributed by atoms with Gasteiger partial charge in [0.15, 0.2) is 5.78 Å². The number of carbonyl (C=O) groups is 2. The molecule has 108 valence electrons. The normalized spacial score (nSPS) is 10.1. The summed E-state index contributed by atoms with van der Waals surface area (Å²) in [6, 6.07) is 11.7. The van der Waals surface area contributed by atoms with Gasteiger partial charge in [-0.15, -0.1) is 0 Å². The van der Waals surface area contributed by atoms with Crippen LogP contribution in [0, 0.1) is 0 Å². The van der Waals surface area contributed by atoms with Crippen molar-refractivity contribution < 1.29 is 14.3 Å². The third-order valence-electron chi connectivity index (χ3n) is 3.02. The van der Waals surface area contributed by atoms with Crippen LogP contribution in [0.15, 0.2) is 42.5 Å². The molecule has 0 aromatic heterocycles. The fourth-order valence-electron chi connectivity index (χ4n) is 1.87. The minimum atomic E-state index is -0.472. The lowest BCUT2D eigenvalue weighted by Crippen LogP contribution is -2.10. The van der Waals surface area contributed by atoms with E-state index in [2.05, 4.69) is 0 Å².